The molecule has 0 aliphatic rings. The fourth-order valence-electron chi connectivity index (χ4n) is 2.37. The Balaban J connectivity index is 1.45. The number of amides is 1. The van der Waals surface area contributed by atoms with Crippen molar-refractivity contribution in [2.75, 3.05) is 18.5 Å². The number of para-hydroxylation sites is 1. The van der Waals surface area contributed by atoms with Crippen LogP contribution in [0.1, 0.15) is 28.7 Å². The highest BCUT2D eigenvalue weighted by Gasteiger charge is 2.10. The van der Waals surface area contributed by atoms with E-state index in [-0.39, 0.29) is 5.91 Å². The van der Waals surface area contributed by atoms with E-state index in [1.807, 2.05) is 37.3 Å². The third-order valence-electron chi connectivity index (χ3n) is 3.66. The average Bonchev–Trinajstić information content (AvgIpc) is 3.14. The van der Waals surface area contributed by atoms with Crippen molar-refractivity contribution in [2.45, 2.75) is 19.8 Å². The van der Waals surface area contributed by atoms with Crippen LogP contribution in [0.5, 0.6) is 11.5 Å². The molecule has 0 aliphatic heterocycles. The van der Waals surface area contributed by atoms with Crippen LogP contribution in [0, 0.1) is 0 Å². The zero-order valence-electron chi connectivity index (χ0n) is 15.1. The predicted octanol–water partition coefficient (Wildman–Crippen LogP) is 4.20. The summed E-state index contributed by atoms with van der Waals surface area (Å²) in [6.07, 6.45) is 1.58. The molecule has 140 valence electrons. The molecule has 1 N–H and O–H groups in total. The highest BCUT2D eigenvalue weighted by molar-refractivity contribution is 7.15. The molecule has 0 unspecified atom stereocenters. The Bertz CT molecular complexity index is 850. The molecule has 1 aromatic heterocycles. The summed E-state index contributed by atoms with van der Waals surface area (Å²) in [7, 11) is 0. The fourth-order valence-corrected chi connectivity index (χ4v) is 3.15. The van der Waals surface area contributed by atoms with E-state index in [0.29, 0.717) is 23.9 Å². The maximum atomic E-state index is 12.3. The van der Waals surface area contributed by atoms with Gasteiger partial charge >= 0.3 is 0 Å². The first-order chi connectivity index (χ1) is 13.2. The number of benzene rings is 2. The van der Waals surface area contributed by atoms with Crippen molar-refractivity contribution in [1.82, 2.24) is 10.2 Å². The van der Waals surface area contributed by atoms with Gasteiger partial charge in [-0.05, 0) is 49.7 Å². The van der Waals surface area contributed by atoms with Crippen LogP contribution < -0.4 is 14.8 Å². The van der Waals surface area contributed by atoms with Crippen molar-refractivity contribution in [3.05, 3.63) is 65.2 Å². The molecule has 0 saturated carbocycles. The molecule has 1 amide bonds. The molecule has 27 heavy (non-hydrogen) atoms. The van der Waals surface area contributed by atoms with Gasteiger partial charge in [0.15, 0.2) is 0 Å². The lowest BCUT2D eigenvalue weighted by molar-refractivity contribution is 0.102. The Kier molecular flexibility index (Phi) is 6.76. The van der Waals surface area contributed by atoms with Crippen molar-refractivity contribution in [3.63, 3.8) is 0 Å². The first-order valence-electron chi connectivity index (χ1n) is 8.79. The third kappa shape index (κ3) is 5.79. The quantitative estimate of drug-likeness (QED) is 0.561. The largest absolute Gasteiger partial charge is 0.494 e. The van der Waals surface area contributed by atoms with Gasteiger partial charge in [0.25, 0.3) is 5.91 Å². The Morgan fingerprint density at radius 2 is 1.74 bits per heavy atom. The Labute approximate surface area is 162 Å². The summed E-state index contributed by atoms with van der Waals surface area (Å²) in [6.45, 7) is 3.12. The van der Waals surface area contributed by atoms with Gasteiger partial charge in [-0.1, -0.05) is 29.5 Å². The van der Waals surface area contributed by atoms with E-state index < -0.39 is 0 Å². The molecule has 7 heteroatoms. The van der Waals surface area contributed by atoms with Gasteiger partial charge in [0, 0.05) is 12.0 Å². The zero-order chi connectivity index (χ0) is 18.9. The molecule has 0 fully saturated rings. The lowest BCUT2D eigenvalue weighted by Gasteiger charge is -2.04. The average molecular weight is 383 g/mol. The normalized spacial score (nSPS) is 10.4. The topological polar surface area (TPSA) is 73.3 Å². The van der Waals surface area contributed by atoms with Crippen LogP contribution in [0.4, 0.5) is 5.13 Å². The molecule has 3 rings (SSSR count). The van der Waals surface area contributed by atoms with Crippen LogP contribution in [0.3, 0.4) is 0 Å². The number of aromatic nitrogens is 2. The minimum Gasteiger partial charge on any atom is -0.494 e. The first kappa shape index (κ1) is 18.8. The molecule has 0 bridgehead atoms. The molecular formula is C20H21N3O3S. The summed E-state index contributed by atoms with van der Waals surface area (Å²) >= 11 is 1.38. The van der Waals surface area contributed by atoms with Gasteiger partial charge < -0.3 is 9.47 Å². The summed E-state index contributed by atoms with van der Waals surface area (Å²) in [6, 6.07) is 16.7. The van der Waals surface area contributed by atoms with E-state index in [2.05, 4.69) is 15.5 Å². The molecule has 0 aliphatic carbocycles. The number of anilines is 1. The van der Waals surface area contributed by atoms with Crippen LogP contribution in [-0.2, 0) is 6.42 Å². The number of ether oxygens (including phenoxy) is 2. The molecule has 1 heterocycles. The minimum absolute atomic E-state index is 0.215. The molecule has 0 spiro atoms. The van der Waals surface area contributed by atoms with E-state index >= 15 is 0 Å². The second kappa shape index (κ2) is 9.68. The van der Waals surface area contributed by atoms with Crippen LogP contribution in [0.15, 0.2) is 54.6 Å². The minimum atomic E-state index is -0.215. The molecule has 0 saturated heterocycles. The SMILES string of the molecule is CCOc1ccc(C(=O)Nc2nnc(CCCOc3ccccc3)s2)cc1. The number of nitrogens with zero attached hydrogens (tertiary/aromatic N) is 2. The second-order valence-corrected chi connectivity index (χ2v) is 6.74. The summed E-state index contributed by atoms with van der Waals surface area (Å²) in [5.41, 5.74) is 0.548. The number of nitrogens with one attached hydrogen (secondary N) is 1. The van der Waals surface area contributed by atoms with E-state index in [0.717, 1.165) is 29.3 Å². The molecule has 0 atom stereocenters. The zero-order valence-corrected chi connectivity index (χ0v) is 15.9. The van der Waals surface area contributed by atoms with Crippen LogP contribution in [0.2, 0.25) is 0 Å². The number of aryl methyl sites for hydroxylation is 1. The van der Waals surface area contributed by atoms with Crippen molar-refractivity contribution < 1.29 is 14.3 Å². The lowest BCUT2D eigenvalue weighted by Crippen LogP contribution is -2.11. The Morgan fingerprint density at radius 3 is 2.48 bits per heavy atom. The Morgan fingerprint density at radius 1 is 1.00 bits per heavy atom. The van der Waals surface area contributed by atoms with Gasteiger partial charge in [-0.15, -0.1) is 10.2 Å². The summed E-state index contributed by atoms with van der Waals surface area (Å²) in [5.74, 6) is 1.39. The highest BCUT2D eigenvalue weighted by Crippen LogP contribution is 2.19. The molecule has 3 aromatic rings. The van der Waals surface area contributed by atoms with Crippen LogP contribution in [-0.4, -0.2) is 29.3 Å². The summed E-state index contributed by atoms with van der Waals surface area (Å²) < 4.78 is 11.0. The van der Waals surface area contributed by atoms with E-state index in [4.69, 9.17) is 9.47 Å². The Hall–Kier alpha value is -2.93. The lowest BCUT2D eigenvalue weighted by atomic mass is 10.2. The maximum absolute atomic E-state index is 12.3. The van der Waals surface area contributed by atoms with E-state index in [9.17, 15) is 4.79 Å². The summed E-state index contributed by atoms with van der Waals surface area (Å²) in [4.78, 5) is 12.3. The molecule has 6 nitrogen and oxygen atoms in total. The molecule has 2 aromatic carbocycles. The van der Waals surface area contributed by atoms with Gasteiger partial charge in [-0.3, -0.25) is 10.1 Å². The number of hydrogen-bond acceptors (Lipinski definition) is 6. The highest BCUT2D eigenvalue weighted by atomic mass is 32.1. The van der Waals surface area contributed by atoms with Crippen LogP contribution >= 0.6 is 11.3 Å². The number of rotatable bonds is 9. The van der Waals surface area contributed by atoms with E-state index in [1.54, 1.807) is 24.3 Å². The van der Waals surface area contributed by atoms with Gasteiger partial charge in [-0.25, -0.2) is 0 Å². The number of hydrogen-bond donors (Lipinski definition) is 1. The van der Waals surface area contributed by atoms with Crippen molar-refractivity contribution >= 4 is 22.4 Å². The maximum Gasteiger partial charge on any atom is 0.257 e. The van der Waals surface area contributed by atoms with Gasteiger partial charge in [-0.2, -0.15) is 0 Å². The second-order valence-electron chi connectivity index (χ2n) is 5.68. The molecular weight excluding hydrogens is 362 g/mol. The van der Waals surface area contributed by atoms with Gasteiger partial charge in [0.05, 0.1) is 13.2 Å². The third-order valence-corrected chi connectivity index (χ3v) is 4.56. The van der Waals surface area contributed by atoms with E-state index in [1.165, 1.54) is 11.3 Å². The smallest absolute Gasteiger partial charge is 0.257 e. The van der Waals surface area contributed by atoms with Gasteiger partial charge in [0.2, 0.25) is 5.13 Å². The molecule has 0 radical (unpaired) electrons. The summed E-state index contributed by atoms with van der Waals surface area (Å²) in [5, 5.41) is 12.3. The number of carbonyl (C=O) groups excluding carboxylic acids is 1. The fraction of sp³-hybridized carbons (Fsp3) is 0.250. The van der Waals surface area contributed by atoms with Crippen LogP contribution in [0.25, 0.3) is 0 Å². The van der Waals surface area contributed by atoms with Crippen molar-refractivity contribution in [3.8, 4) is 11.5 Å². The standard InChI is InChI=1S/C20H21N3O3S/c1-2-25-17-12-10-15(11-13-17)19(24)21-20-23-22-18(27-20)9-6-14-26-16-7-4-3-5-8-16/h3-5,7-8,10-13H,2,6,9,14H2,1H3,(H,21,23,24). The van der Waals surface area contributed by atoms with Crippen molar-refractivity contribution in [2.24, 2.45) is 0 Å². The number of carbonyl (C=O) groups is 1. The first-order valence-corrected chi connectivity index (χ1v) is 9.60. The monoisotopic (exact) mass is 383 g/mol. The predicted molar refractivity (Wildman–Crippen MR) is 106 cm³/mol. The van der Waals surface area contributed by atoms with Gasteiger partial charge in [0.1, 0.15) is 16.5 Å². The van der Waals surface area contributed by atoms with Crippen molar-refractivity contribution in [1.29, 1.82) is 0 Å².